The molecular formula is C17H21FN4O3. The van der Waals surface area contributed by atoms with Crippen LogP contribution in [0.2, 0.25) is 0 Å². The average molecular weight is 348 g/mol. The van der Waals surface area contributed by atoms with E-state index in [1.54, 1.807) is 6.92 Å². The van der Waals surface area contributed by atoms with Crippen LogP contribution in [-0.2, 0) is 0 Å². The minimum Gasteiger partial charge on any atom is -0.394 e. The SMILES string of the molecule is CCC(C)(CO)NC(=O)Nc1ccc(F)cc1-c1nc(C2CC2)no1. The predicted molar refractivity (Wildman–Crippen MR) is 89.6 cm³/mol. The summed E-state index contributed by atoms with van der Waals surface area (Å²) in [6, 6.07) is 3.41. The highest BCUT2D eigenvalue weighted by atomic mass is 19.1. The van der Waals surface area contributed by atoms with E-state index in [1.165, 1.54) is 18.2 Å². The molecule has 0 aliphatic heterocycles. The highest BCUT2D eigenvalue weighted by Crippen LogP contribution is 2.39. The van der Waals surface area contributed by atoms with Gasteiger partial charge in [0.1, 0.15) is 5.82 Å². The first-order valence-corrected chi connectivity index (χ1v) is 8.27. The number of aliphatic hydroxyl groups is 1. The minimum absolute atomic E-state index is 0.164. The van der Waals surface area contributed by atoms with Crippen molar-refractivity contribution in [3.05, 3.63) is 29.8 Å². The van der Waals surface area contributed by atoms with E-state index in [2.05, 4.69) is 20.8 Å². The maximum Gasteiger partial charge on any atom is 0.319 e. The molecule has 25 heavy (non-hydrogen) atoms. The number of amides is 2. The number of carbonyl (C=O) groups excluding carboxylic acids is 1. The van der Waals surface area contributed by atoms with Gasteiger partial charge in [0.25, 0.3) is 5.89 Å². The summed E-state index contributed by atoms with van der Waals surface area (Å²) in [7, 11) is 0. The molecule has 0 saturated heterocycles. The van der Waals surface area contributed by atoms with Crippen molar-refractivity contribution in [2.75, 3.05) is 11.9 Å². The molecule has 1 aromatic heterocycles. The molecule has 0 bridgehead atoms. The highest BCUT2D eigenvalue weighted by Gasteiger charge is 2.30. The standard InChI is InChI=1S/C17H21FN4O3/c1-3-17(2,9-23)21-16(24)19-13-7-6-11(18)8-12(13)15-20-14(22-25-15)10-4-5-10/h6-8,10,23H,3-5,9H2,1-2H3,(H2,19,21,24). The Hall–Kier alpha value is -2.48. The Morgan fingerprint density at radius 3 is 2.88 bits per heavy atom. The van der Waals surface area contributed by atoms with Crippen LogP contribution in [0.15, 0.2) is 22.7 Å². The Balaban J connectivity index is 1.82. The van der Waals surface area contributed by atoms with Crippen molar-refractivity contribution in [3.63, 3.8) is 0 Å². The number of aliphatic hydroxyl groups excluding tert-OH is 1. The van der Waals surface area contributed by atoms with Gasteiger partial charge in [-0.3, -0.25) is 0 Å². The van der Waals surface area contributed by atoms with Crippen LogP contribution in [0.5, 0.6) is 0 Å². The van der Waals surface area contributed by atoms with E-state index in [9.17, 15) is 14.3 Å². The van der Waals surface area contributed by atoms with E-state index in [0.717, 1.165) is 12.8 Å². The van der Waals surface area contributed by atoms with Crippen molar-refractivity contribution in [3.8, 4) is 11.5 Å². The van der Waals surface area contributed by atoms with E-state index in [4.69, 9.17) is 4.52 Å². The number of urea groups is 1. The molecule has 1 aliphatic carbocycles. The quantitative estimate of drug-likeness (QED) is 0.745. The second-order valence-corrected chi connectivity index (χ2v) is 6.57. The van der Waals surface area contributed by atoms with Gasteiger partial charge in [0.2, 0.25) is 0 Å². The second kappa shape index (κ2) is 6.79. The van der Waals surface area contributed by atoms with E-state index in [1.807, 2.05) is 6.92 Å². The number of halogens is 1. The third-order valence-electron chi connectivity index (χ3n) is 4.39. The zero-order valence-corrected chi connectivity index (χ0v) is 14.2. The number of nitrogens with zero attached hydrogens (tertiary/aromatic N) is 2. The van der Waals surface area contributed by atoms with E-state index in [0.29, 0.717) is 29.4 Å². The number of rotatable bonds is 6. The third-order valence-corrected chi connectivity index (χ3v) is 4.39. The lowest BCUT2D eigenvalue weighted by atomic mass is 10.0. The van der Waals surface area contributed by atoms with Gasteiger partial charge in [-0.2, -0.15) is 4.98 Å². The van der Waals surface area contributed by atoms with Gasteiger partial charge in [-0.15, -0.1) is 0 Å². The highest BCUT2D eigenvalue weighted by molar-refractivity contribution is 5.93. The van der Waals surface area contributed by atoms with Crippen molar-refractivity contribution in [2.24, 2.45) is 0 Å². The molecule has 1 aliphatic rings. The van der Waals surface area contributed by atoms with Gasteiger partial charge in [-0.1, -0.05) is 12.1 Å². The Bertz CT molecular complexity index is 769. The van der Waals surface area contributed by atoms with Gasteiger partial charge in [0.05, 0.1) is 23.4 Å². The molecule has 3 N–H and O–H groups in total. The first kappa shape index (κ1) is 17.3. The predicted octanol–water partition coefficient (Wildman–Crippen LogP) is 3.04. The summed E-state index contributed by atoms with van der Waals surface area (Å²) in [5, 5.41) is 18.7. The second-order valence-electron chi connectivity index (χ2n) is 6.57. The molecule has 1 heterocycles. The normalized spacial score (nSPS) is 16.3. The van der Waals surface area contributed by atoms with Crippen molar-refractivity contribution in [1.29, 1.82) is 0 Å². The molecule has 2 amide bonds. The monoisotopic (exact) mass is 348 g/mol. The minimum atomic E-state index is -0.742. The fraction of sp³-hybridized carbons (Fsp3) is 0.471. The summed E-state index contributed by atoms with van der Waals surface area (Å²) in [4.78, 5) is 16.5. The molecule has 3 rings (SSSR count). The first-order chi connectivity index (χ1) is 11.9. The molecule has 1 atom stereocenters. The number of carbonyl (C=O) groups is 1. The number of nitrogens with one attached hydrogen (secondary N) is 2. The lowest BCUT2D eigenvalue weighted by molar-refractivity contribution is 0.172. The molecule has 7 nitrogen and oxygen atoms in total. The van der Waals surface area contributed by atoms with Gasteiger partial charge < -0.3 is 20.3 Å². The third kappa shape index (κ3) is 3.96. The number of aromatic nitrogens is 2. The zero-order valence-electron chi connectivity index (χ0n) is 14.2. The maximum atomic E-state index is 13.7. The largest absolute Gasteiger partial charge is 0.394 e. The lowest BCUT2D eigenvalue weighted by Crippen LogP contribution is -2.50. The van der Waals surface area contributed by atoms with Crippen molar-refractivity contribution in [2.45, 2.75) is 44.6 Å². The summed E-state index contributed by atoms with van der Waals surface area (Å²) in [5.74, 6) is 0.604. The first-order valence-electron chi connectivity index (χ1n) is 8.27. The fourth-order valence-electron chi connectivity index (χ4n) is 2.32. The molecule has 1 fully saturated rings. The van der Waals surface area contributed by atoms with Crippen molar-refractivity contribution < 1.29 is 18.8 Å². The van der Waals surface area contributed by atoms with Crippen molar-refractivity contribution in [1.82, 2.24) is 15.5 Å². The lowest BCUT2D eigenvalue weighted by Gasteiger charge is -2.27. The van der Waals surface area contributed by atoms with E-state index < -0.39 is 17.4 Å². The van der Waals surface area contributed by atoms with Crippen LogP contribution < -0.4 is 10.6 Å². The van der Waals surface area contributed by atoms with E-state index in [-0.39, 0.29) is 12.5 Å². The van der Waals surface area contributed by atoms with Crippen molar-refractivity contribution >= 4 is 11.7 Å². The van der Waals surface area contributed by atoms with Crippen LogP contribution in [-0.4, -0.2) is 33.4 Å². The number of anilines is 1. The molecule has 1 saturated carbocycles. The average Bonchev–Trinajstić information content (AvgIpc) is 3.33. The number of hydrogen-bond acceptors (Lipinski definition) is 5. The molecule has 0 spiro atoms. The van der Waals surface area contributed by atoms with Crippen LogP contribution >= 0.6 is 0 Å². The van der Waals surface area contributed by atoms with Gasteiger partial charge in [0, 0.05) is 5.92 Å². The summed E-state index contributed by atoms with van der Waals surface area (Å²) < 4.78 is 18.9. The van der Waals surface area contributed by atoms with Gasteiger partial charge in [-0.05, 0) is 44.4 Å². The van der Waals surface area contributed by atoms with Gasteiger partial charge in [-0.25, -0.2) is 9.18 Å². The fourth-order valence-corrected chi connectivity index (χ4v) is 2.32. The smallest absolute Gasteiger partial charge is 0.319 e. The Labute approximate surface area is 144 Å². The summed E-state index contributed by atoms with van der Waals surface area (Å²) >= 11 is 0. The molecule has 134 valence electrons. The summed E-state index contributed by atoms with van der Waals surface area (Å²) in [6.07, 6.45) is 2.60. The van der Waals surface area contributed by atoms with Gasteiger partial charge >= 0.3 is 6.03 Å². The number of hydrogen-bond donors (Lipinski definition) is 3. The molecular weight excluding hydrogens is 327 g/mol. The van der Waals surface area contributed by atoms with E-state index >= 15 is 0 Å². The zero-order chi connectivity index (χ0) is 18.0. The molecule has 0 radical (unpaired) electrons. The summed E-state index contributed by atoms with van der Waals surface area (Å²) in [5.41, 5.74) is -0.0773. The molecule has 2 aromatic rings. The number of benzene rings is 1. The van der Waals surface area contributed by atoms with Crippen LogP contribution in [0.25, 0.3) is 11.5 Å². The van der Waals surface area contributed by atoms with Crippen LogP contribution in [0.1, 0.15) is 44.9 Å². The van der Waals surface area contributed by atoms with Gasteiger partial charge in [0.15, 0.2) is 5.82 Å². The van der Waals surface area contributed by atoms with Crippen LogP contribution in [0.4, 0.5) is 14.9 Å². The Morgan fingerprint density at radius 2 is 2.24 bits per heavy atom. The molecule has 1 aromatic carbocycles. The molecule has 8 heteroatoms. The molecule has 1 unspecified atom stereocenters. The Morgan fingerprint density at radius 1 is 1.48 bits per heavy atom. The van der Waals surface area contributed by atoms with Crippen LogP contribution in [0, 0.1) is 5.82 Å². The summed E-state index contributed by atoms with van der Waals surface area (Å²) in [6.45, 7) is 3.40. The topological polar surface area (TPSA) is 100 Å². The Kier molecular flexibility index (Phi) is 4.71. The van der Waals surface area contributed by atoms with Crippen LogP contribution in [0.3, 0.4) is 0 Å². The maximum absolute atomic E-state index is 13.7.